The molecule has 0 aliphatic carbocycles. The van der Waals surface area contributed by atoms with Crippen LogP contribution in [0.3, 0.4) is 0 Å². The molecule has 1 aromatic rings. The number of ether oxygens (including phenoxy) is 1. The molecule has 2 rings (SSSR count). The van der Waals surface area contributed by atoms with Crippen LogP contribution in [-0.2, 0) is 6.42 Å². The summed E-state index contributed by atoms with van der Waals surface area (Å²) in [6, 6.07) is 6.34. The molecule has 3 nitrogen and oxygen atoms in total. The third-order valence-electron chi connectivity index (χ3n) is 3.68. The van der Waals surface area contributed by atoms with Crippen molar-refractivity contribution in [2.75, 3.05) is 13.1 Å². The van der Waals surface area contributed by atoms with E-state index < -0.39 is 5.60 Å². The topological polar surface area (TPSA) is 41.5 Å². The van der Waals surface area contributed by atoms with Crippen LogP contribution in [0.15, 0.2) is 18.2 Å². The zero-order chi connectivity index (χ0) is 14.8. The van der Waals surface area contributed by atoms with Crippen molar-refractivity contribution >= 4 is 0 Å². The Bertz CT molecular complexity index is 454. The highest BCUT2D eigenvalue weighted by atomic mass is 16.5. The number of hydrogen-bond donors (Lipinski definition) is 2. The van der Waals surface area contributed by atoms with Crippen molar-refractivity contribution in [2.45, 2.75) is 52.2 Å². The summed E-state index contributed by atoms with van der Waals surface area (Å²) in [7, 11) is 0. The highest BCUT2D eigenvalue weighted by Crippen LogP contribution is 2.29. The average Bonchev–Trinajstić information content (AvgIpc) is 2.68. The summed E-state index contributed by atoms with van der Waals surface area (Å²) in [5, 5.41) is 13.6. The largest absolute Gasteiger partial charge is 0.488 e. The summed E-state index contributed by atoms with van der Waals surface area (Å²) in [5.74, 6) is 1.51. The van der Waals surface area contributed by atoms with Crippen molar-refractivity contribution in [1.82, 2.24) is 5.32 Å². The van der Waals surface area contributed by atoms with Crippen LogP contribution in [0.4, 0.5) is 0 Å². The number of benzene rings is 1. The summed E-state index contributed by atoms with van der Waals surface area (Å²) in [6.07, 6.45) is 1.95. The van der Waals surface area contributed by atoms with Gasteiger partial charge in [0.1, 0.15) is 11.9 Å². The first-order valence-corrected chi connectivity index (χ1v) is 7.55. The number of fused-ring (bicyclic) bond motifs is 1. The number of rotatable bonds is 6. The van der Waals surface area contributed by atoms with Gasteiger partial charge in [-0.15, -0.1) is 0 Å². The lowest BCUT2D eigenvalue weighted by Gasteiger charge is -2.26. The number of nitrogens with one attached hydrogen (secondary N) is 1. The third kappa shape index (κ3) is 4.22. The molecule has 112 valence electrons. The Morgan fingerprint density at radius 2 is 2.20 bits per heavy atom. The zero-order valence-corrected chi connectivity index (χ0v) is 13.1. The SMILES string of the molecule is Cc1ccc2c(c1)CC(CNCC(C)(O)CC(C)C)O2. The first kappa shape index (κ1) is 15.3. The van der Waals surface area contributed by atoms with E-state index in [0.29, 0.717) is 12.5 Å². The number of aryl methyl sites for hydroxylation is 1. The maximum Gasteiger partial charge on any atom is 0.123 e. The molecule has 1 aliphatic rings. The maximum atomic E-state index is 10.3. The molecule has 0 aromatic heterocycles. The van der Waals surface area contributed by atoms with Crippen molar-refractivity contribution in [2.24, 2.45) is 5.92 Å². The summed E-state index contributed by atoms with van der Waals surface area (Å²) < 4.78 is 5.91. The Morgan fingerprint density at radius 1 is 1.45 bits per heavy atom. The number of aliphatic hydroxyl groups is 1. The second kappa shape index (κ2) is 6.15. The highest BCUT2D eigenvalue weighted by Gasteiger charge is 2.25. The van der Waals surface area contributed by atoms with Gasteiger partial charge in [-0.3, -0.25) is 0 Å². The molecule has 0 fully saturated rings. The van der Waals surface area contributed by atoms with E-state index in [0.717, 1.165) is 25.1 Å². The van der Waals surface area contributed by atoms with E-state index in [-0.39, 0.29) is 6.10 Å². The summed E-state index contributed by atoms with van der Waals surface area (Å²) in [5.41, 5.74) is 1.93. The van der Waals surface area contributed by atoms with Crippen molar-refractivity contribution in [1.29, 1.82) is 0 Å². The molecule has 3 heteroatoms. The van der Waals surface area contributed by atoms with E-state index >= 15 is 0 Å². The Morgan fingerprint density at radius 3 is 2.90 bits per heavy atom. The van der Waals surface area contributed by atoms with Crippen molar-refractivity contribution < 1.29 is 9.84 Å². The van der Waals surface area contributed by atoms with Gasteiger partial charge in [-0.25, -0.2) is 0 Å². The molecular formula is C17H27NO2. The number of hydrogen-bond acceptors (Lipinski definition) is 3. The molecule has 0 radical (unpaired) electrons. The minimum atomic E-state index is -0.643. The van der Waals surface area contributed by atoms with Crippen LogP contribution in [-0.4, -0.2) is 29.9 Å². The molecule has 0 amide bonds. The second-order valence-electron chi connectivity index (χ2n) is 6.78. The van der Waals surface area contributed by atoms with Gasteiger partial charge in [0.2, 0.25) is 0 Å². The van der Waals surface area contributed by atoms with E-state index in [9.17, 15) is 5.11 Å². The Balaban J connectivity index is 1.77. The quantitative estimate of drug-likeness (QED) is 0.840. The predicted octanol–water partition coefficient (Wildman–Crippen LogP) is 2.69. The second-order valence-corrected chi connectivity index (χ2v) is 6.78. The monoisotopic (exact) mass is 277 g/mol. The maximum absolute atomic E-state index is 10.3. The fraction of sp³-hybridized carbons (Fsp3) is 0.647. The molecule has 0 spiro atoms. The molecule has 2 atom stereocenters. The Hall–Kier alpha value is -1.06. The van der Waals surface area contributed by atoms with Crippen LogP contribution in [0, 0.1) is 12.8 Å². The van der Waals surface area contributed by atoms with Gasteiger partial charge in [-0.1, -0.05) is 31.5 Å². The van der Waals surface area contributed by atoms with Crippen LogP contribution in [0.2, 0.25) is 0 Å². The molecule has 0 saturated carbocycles. The molecule has 1 aromatic carbocycles. The van der Waals surface area contributed by atoms with Crippen molar-refractivity contribution in [3.63, 3.8) is 0 Å². The normalized spacial score (nSPS) is 20.6. The van der Waals surface area contributed by atoms with Crippen LogP contribution < -0.4 is 10.1 Å². The van der Waals surface area contributed by atoms with E-state index in [1.54, 1.807) is 0 Å². The smallest absolute Gasteiger partial charge is 0.123 e. The van der Waals surface area contributed by atoms with E-state index in [1.165, 1.54) is 11.1 Å². The van der Waals surface area contributed by atoms with E-state index in [2.05, 4.69) is 44.3 Å². The zero-order valence-electron chi connectivity index (χ0n) is 13.1. The van der Waals surface area contributed by atoms with Gasteiger partial charge >= 0.3 is 0 Å². The standard InChI is InChI=1S/C17H27NO2/c1-12(2)9-17(4,19)11-18-10-15-8-14-7-13(3)5-6-16(14)20-15/h5-7,12,15,18-19H,8-11H2,1-4H3. The third-order valence-corrected chi connectivity index (χ3v) is 3.68. The van der Waals surface area contributed by atoms with Crippen LogP contribution in [0.5, 0.6) is 5.75 Å². The van der Waals surface area contributed by atoms with Crippen LogP contribution in [0.25, 0.3) is 0 Å². The summed E-state index contributed by atoms with van der Waals surface area (Å²) in [4.78, 5) is 0. The lowest BCUT2D eigenvalue weighted by Crippen LogP contribution is -2.42. The molecule has 20 heavy (non-hydrogen) atoms. The molecule has 1 heterocycles. The first-order valence-electron chi connectivity index (χ1n) is 7.55. The van der Waals surface area contributed by atoms with Gasteiger partial charge in [-0.05, 0) is 37.8 Å². The van der Waals surface area contributed by atoms with Crippen molar-refractivity contribution in [3.05, 3.63) is 29.3 Å². The van der Waals surface area contributed by atoms with Crippen LogP contribution in [0.1, 0.15) is 38.3 Å². The average molecular weight is 277 g/mol. The Labute approximate surface area is 122 Å². The van der Waals surface area contributed by atoms with Crippen molar-refractivity contribution in [3.8, 4) is 5.75 Å². The van der Waals surface area contributed by atoms with Gasteiger partial charge in [-0.2, -0.15) is 0 Å². The summed E-state index contributed by atoms with van der Waals surface area (Å²) in [6.45, 7) is 9.66. The molecule has 0 bridgehead atoms. The molecule has 2 N–H and O–H groups in total. The fourth-order valence-corrected chi connectivity index (χ4v) is 3.02. The molecule has 2 unspecified atom stereocenters. The molecule has 1 aliphatic heterocycles. The fourth-order valence-electron chi connectivity index (χ4n) is 3.02. The molecule has 0 saturated heterocycles. The minimum absolute atomic E-state index is 0.182. The van der Waals surface area contributed by atoms with E-state index in [4.69, 9.17) is 4.74 Å². The Kier molecular flexibility index (Phi) is 4.71. The predicted molar refractivity (Wildman–Crippen MR) is 82.2 cm³/mol. The summed E-state index contributed by atoms with van der Waals surface area (Å²) >= 11 is 0. The first-order chi connectivity index (χ1) is 9.35. The van der Waals surface area contributed by atoms with Gasteiger partial charge in [0, 0.05) is 19.5 Å². The molecular weight excluding hydrogens is 250 g/mol. The highest BCUT2D eigenvalue weighted by molar-refractivity contribution is 5.40. The van der Waals surface area contributed by atoms with Gasteiger partial charge in [0.05, 0.1) is 5.60 Å². The van der Waals surface area contributed by atoms with Gasteiger partial charge in [0.25, 0.3) is 0 Å². The lowest BCUT2D eigenvalue weighted by molar-refractivity contribution is 0.0366. The lowest BCUT2D eigenvalue weighted by atomic mass is 9.94. The minimum Gasteiger partial charge on any atom is -0.488 e. The van der Waals surface area contributed by atoms with Crippen LogP contribution >= 0.6 is 0 Å². The van der Waals surface area contributed by atoms with Gasteiger partial charge in [0.15, 0.2) is 0 Å². The van der Waals surface area contributed by atoms with Gasteiger partial charge < -0.3 is 15.2 Å². The van der Waals surface area contributed by atoms with E-state index in [1.807, 2.05) is 6.92 Å².